The fraction of sp³-hybridized carbons (Fsp3) is 0.500. The summed E-state index contributed by atoms with van der Waals surface area (Å²) < 4.78 is 5.26. The highest BCUT2D eigenvalue weighted by atomic mass is 16.5. The van der Waals surface area contributed by atoms with E-state index in [4.69, 9.17) is 10.5 Å². The molecule has 0 aliphatic carbocycles. The second-order valence-corrected chi connectivity index (χ2v) is 5.14. The number of rotatable bonds is 5. The van der Waals surface area contributed by atoms with Crippen LogP contribution in [0.15, 0.2) is 24.3 Å². The highest BCUT2D eigenvalue weighted by Gasteiger charge is 2.23. The summed E-state index contributed by atoms with van der Waals surface area (Å²) in [6.07, 6.45) is 0.363. The number of methoxy groups -OCH3 is 1. The molecule has 1 rings (SSSR count). The van der Waals surface area contributed by atoms with Gasteiger partial charge in [0.1, 0.15) is 0 Å². The summed E-state index contributed by atoms with van der Waals surface area (Å²) in [5, 5.41) is 0. The maximum Gasteiger partial charge on any atom is 0.225 e. The number of nitrogens with two attached hydrogens (primary N) is 1. The number of carbonyl (C=O) groups is 1. The first-order valence-corrected chi connectivity index (χ1v) is 5.97. The van der Waals surface area contributed by atoms with Crippen LogP contribution in [-0.2, 0) is 16.1 Å². The third kappa shape index (κ3) is 4.37. The lowest BCUT2D eigenvalue weighted by molar-refractivity contribution is -0.135. The van der Waals surface area contributed by atoms with Crippen molar-refractivity contribution < 1.29 is 9.53 Å². The van der Waals surface area contributed by atoms with Crippen LogP contribution in [0.1, 0.15) is 25.8 Å². The first-order chi connectivity index (χ1) is 8.34. The number of benzene rings is 1. The molecule has 0 bridgehead atoms. The van der Waals surface area contributed by atoms with Gasteiger partial charge in [-0.2, -0.15) is 0 Å². The Morgan fingerprint density at radius 3 is 2.67 bits per heavy atom. The van der Waals surface area contributed by atoms with Crippen molar-refractivity contribution in [3.63, 3.8) is 0 Å². The Labute approximate surface area is 109 Å². The topological polar surface area (TPSA) is 55.6 Å². The highest BCUT2D eigenvalue weighted by Crippen LogP contribution is 2.16. The number of anilines is 1. The number of ether oxygens (including phenoxy) is 1. The lowest BCUT2D eigenvalue weighted by Gasteiger charge is -2.25. The van der Waals surface area contributed by atoms with E-state index in [9.17, 15) is 4.79 Å². The fourth-order valence-electron chi connectivity index (χ4n) is 1.62. The van der Waals surface area contributed by atoms with Gasteiger partial charge >= 0.3 is 0 Å². The lowest BCUT2D eigenvalue weighted by atomic mass is 10.0. The largest absolute Gasteiger partial charge is 0.399 e. The number of amides is 1. The third-order valence-corrected chi connectivity index (χ3v) is 2.93. The quantitative estimate of drug-likeness (QED) is 0.814. The molecule has 0 heterocycles. The maximum absolute atomic E-state index is 12.0. The van der Waals surface area contributed by atoms with Crippen molar-refractivity contribution in [2.45, 2.75) is 32.4 Å². The van der Waals surface area contributed by atoms with E-state index in [1.54, 1.807) is 19.1 Å². The number of hydrogen-bond acceptors (Lipinski definition) is 3. The van der Waals surface area contributed by atoms with Crippen LogP contribution in [0, 0.1) is 0 Å². The van der Waals surface area contributed by atoms with Crippen molar-refractivity contribution in [1.29, 1.82) is 0 Å². The molecule has 0 atom stereocenters. The predicted molar refractivity (Wildman–Crippen MR) is 73.0 cm³/mol. The molecule has 0 aromatic heterocycles. The Morgan fingerprint density at radius 2 is 2.11 bits per heavy atom. The summed E-state index contributed by atoms with van der Waals surface area (Å²) in [4.78, 5) is 13.7. The maximum atomic E-state index is 12.0. The monoisotopic (exact) mass is 250 g/mol. The van der Waals surface area contributed by atoms with Crippen molar-refractivity contribution in [3.8, 4) is 0 Å². The lowest BCUT2D eigenvalue weighted by Crippen LogP contribution is -2.34. The Kier molecular flexibility index (Phi) is 4.73. The zero-order chi connectivity index (χ0) is 13.8. The molecule has 0 aliphatic rings. The van der Waals surface area contributed by atoms with Crippen molar-refractivity contribution in [2.75, 3.05) is 19.9 Å². The Hall–Kier alpha value is -1.55. The van der Waals surface area contributed by atoms with Crippen molar-refractivity contribution in [1.82, 2.24) is 4.90 Å². The van der Waals surface area contributed by atoms with E-state index in [0.717, 1.165) is 5.56 Å². The molecule has 0 spiro atoms. The van der Waals surface area contributed by atoms with Crippen LogP contribution in [0.2, 0.25) is 0 Å². The van der Waals surface area contributed by atoms with E-state index in [2.05, 4.69) is 0 Å². The molecule has 4 nitrogen and oxygen atoms in total. The minimum absolute atomic E-state index is 0.0595. The van der Waals surface area contributed by atoms with Gasteiger partial charge in [0, 0.05) is 26.4 Å². The fourth-order valence-corrected chi connectivity index (χ4v) is 1.62. The molecule has 0 unspecified atom stereocenters. The summed E-state index contributed by atoms with van der Waals surface area (Å²) >= 11 is 0. The van der Waals surface area contributed by atoms with Gasteiger partial charge in [-0.1, -0.05) is 12.1 Å². The van der Waals surface area contributed by atoms with Crippen molar-refractivity contribution in [3.05, 3.63) is 29.8 Å². The molecule has 1 amide bonds. The van der Waals surface area contributed by atoms with E-state index >= 15 is 0 Å². The van der Waals surface area contributed by atoms with E-state index in [1.807, 2.05) is 38.1 Å². The summed E-state index contributed by atoms with van der Waals surface area (Å²) in [6.45, 7) is 4.36. The van der Waals surface area contributed by atoms with Gasteiger partial charge in [0.05, 0.1) is 12.0 Å². The Balaban J connectivity index is 2.60. The number of hydrogen-bond donors (Lipinski definition) is 1. The molecule has 2 N–H and O–H groups in total. The molecule has 100 valence electrons. The van der Waals surface area contributed by atoms with Gasteiger partial charge in [-0.3, -0.25) is 4.79 Å². The van der Waals surface area contributed by atoms with Crippen molar-refractivity contribution in [2.24, 2.45) is 0 Å². The van der Waals surface area contributed by atoms with Gasteiger partial charge in [-0.05, 0) is 31.5 Å². The van der Waals surface area contributed by atoms with Gasteiger partial charge in [0.15, 0.2) is 0 Å². The summed E-state index contributed by atoms with van der Waals surface area (Å²) in [5.41, 5.74) is 7.02. The summed E-state index contributed by atoms with van der Waals surface area (Å²) in [6, 6.07) is 7.56. The Morgan fingerprint density at radius 1 is 1.44 bits per heavy atom. The minimum Gasteiger partial charge on any atom is -0.399 e. The molecular formula is C14H22N2O2. The smallest absolute Gasteiger partial charge is 0.225 e. The molecule has 0 radical (unpaired) electrons. The number of carbonyl (C=O) groups excluding carboxylic acids is 1. The zero-order valence-corrected chi connectivity index (χ0v) is 11.6. The van der Waals surface area contributed by atoms with Crippen LogP contribution in [0.4, 0.5) is 5.69 Å². The summed E-state index contributed by atoms with van der Waals surface area (Å²) in [7, 11) is 3.41. The third-order valence-electron chi connectivity index (χ3n) is 2.93. The highest BCUT2D eigenvalue weighted by molar-refractivity contribution is 5.76. The second kappa shape index (κ2) is 5.87. The minimum atomic E-state index is -0.430. The number of nitrogens with zero attached hydrogens (tertiary/aromatic N) is 1. The molecule has 0 saturated heterocycles. The molecule has 0 fully saturated rings. The van der Waals surface area contributed by atoms with Crippen molar-refractivity contribution >= 4 is 11.6 Å². The zero-order valence-electron chi connectivity index (χ0n) is 11.6. The van der Waals surface area contributed by atoms with Gasteiger partial charge in [-0.15, -0.1) is 0 Å². The van der Waals surface area contributed by atoms with E-state index in [0.29, 0.717) is 18.7 Å². The first kappa shape index (κ1) is 14.5. The molecule has 0 aliphatic heterocycles. The molecule has 18 heavy (non-hydrogen) atoms. The van der Waals surface area contributed by atoms with Crippen LogP contribution < -0.4 is 5.73 Å². The van der Waals surface area contributed by atoms with Crippen LogP contribution in [0.5, 0.6) is 0 Å². The van der Waals surface area contributed by atoms with Crippen LogP contribution >= 0.6 is 0 Å². The molecule has 4 heteroatoms. The number of nitrogen functional groups attached to an aromatic ring is 1. The average molecular weight is 250 g/mol. The molecular weight excluding hydrogens is 228 g/mol. The standard InChI is InChI=1S/C14H22N2O2/c1-14(2,18-4)9-13(17)16(3)10-11-6-5-7-12(15)8-11/h5-8H,9-10,15H2,1-4H3. The van der Waals surface area contributed by atoms with E-state index < -0.39 is 5.60 Å². The Bertz CT molecular complexity index is 416. The van der Waals surface area contributed by atoms with Crippen LogP contribution in [0.25, 0.3) is 0 Å². The van der Waals surface area contributed by atoms with E-state index in [-0.39, 0.29) is 5.91 Å². The average Bonchev–Trinajstić information content (AvgIpc) is 2.28. The SMILES string of the molecule is COC(C)(C)CC(=O)N(C)Cc1cccc(N)c1. The van der Waals surface area contributed by atoms with Crippen LogP contribution in [0.3, 0.4) is 0 Å². The van der Waals surface area contributed by atoms with Crippen LogP contribution in [-0.4, -0.2) is 30.6 Å². The first-order valence-electron chi connectivity index (χ1n) is 5.97. The van der Waals surface area contributed by atoms with Gasteiger partial charge in [-0.25, -0.2) is 0 Å². The molecule has 1 aromatic carbocycles. The predicted octanol–water partition coefficient (Wildman–Crippen LogP) is 2.04. The normalized spacial score (nSPS) is 11.3. The van der Waals surface area contributed by atoms with E-state index in [1.165, 1.54) is 0 Å². The summed E-state index contributed by atoms with van der Waals surface area (Å²) in [5.74, 6) is 0.0595. The molecule has 0 saturated carbocycles. The second-order valence-electron chi connectivity index (χ2n) is 5.14. The van der Waals surface area contributed by atoms with Gasteiger partial charge in [0.2, 0.25) is 5.91 Å². The van der Waals surface area contributed by atoms with Gasteiger partial charge in [0.25, 0.3) is 0 Å². The van der Waals surface area contributed by atoms with Gasteiger partial charge < -0.3 is 15.4 Å². The molecule has 1 aromatic rings.